The van der Waals surface area contributed by atoms with E-state index in [4.69, 9.17) is 10.5 Å². The smallest absolute Gasteiger partial charge is 0.275 e. The van der Waals surface area contributed by atoms with Crippen molar-refractivity contribution in [3.05, 3.63) is 45.9 Å². The number of nitrogens with zero attached hydrogens (tertiary/aromatic N) is 1. The second-order valence-corrected chi connectivity index (χ2v) is 7.33. The van der Waals surface area contributed by atoms with Crippen LogP contribution in [0.4, 0.5) is 5.69 Å². The Labute approximate surface area is 152 Å². The Balaban J connectivity index is 1.55. The van der Waals surface area contributed by atoms with Gasteiger partial charge in [0, 0.05) is 17.5 Å². The Morgan fingerprint density at radius 3 is 2.96 bits per heavy atom. The summed E-state index contributed by atoms with van der Waals surface area (Å²) in [4.78, 5) is 16.6. The van der Waals surface area contributed by atoms with E-state index in [1.54, 1.807) is 5.38 Å². The van der Waals surface area contributed by atoms with Gasteiger partial charge in [-0.25, -0.2) is 4.98 Å². The number of rotatable bonds is 7. The third kappa shape index (κ3) is 5.36. The first kappa shape index (κ1) is 18.0. The molecular formula is C19H25N3O2S. The standard InChI is InChI=1S/C19H25N3O2S/c20-10-9-18-22-17(13-25-18)19(23)21-15-6-4-5-14(11-15)12-24-16-7-2-1-3-8-16/h4-6,11,13,16H,1-3,7-10,12,20H2,(H,21,23). The molecule has 1 fully saturated rings. The molecule has 1 aromatic heterocycles. The van der Waals surface area contributed by atoms with Gasteiger partial charge in [-0.15, -0.1) is 11.3 Å². The lowest BCUT2D eigenvalue weighted by atomic mass is 9.98. The van der Waals surface area contributed by atoms with Crippen molar-refractivity contribution in [2.24, 2.45) is 5.73 Å². The molecular weight excluding hydrogens is 334 g/mol. The van der Waals surface area contributed by atoms with Crippen molar-refractivity contribution in [1.29, 1.82) is 0 Å². The lowest BCUT2D eigenvalue weighted by Crippen LogP contribution is -2.16. The van der Waals surface area contributed by atoms with Crippen LogP contribution in [-0.4, -0.2) is 23.5 Å². The molecule has 3 rings (SSSR count). The molecule has 1 heterocycles. The summed E-state index contributed by atoms with van der Waals surface area (Å²) in [6, 6.07) is 7.82. The second kappa shape index (κ2) is 9.08. The topological polar surface area (TPSA) is 77.2 Å². The molecule has 0 radical (unpaired) electrons. The number of hydrogen-bond donors (Lipinski definition) is 2. The average Bonchev–Trinajstić information content (AvgIpc) is 3.10. The first-order chi connectivity index (χ1) is 12.2. The van der Waals surface area contributed by atoms with Crippen LogP contribution in [0.25, 0.3) is 0 Å². The number of ether oxygens (including phenoxy) is 1. The van der Waals surface area contributed by atoms with Crippen LogP contribution in [0.3, 0.4) is 0 Å². The van der Waals surface area contributed by atoms with Crippen LogP contribution in [0.15, 0.2) is 29.6 Å². The van der Waals surface area contributed by atoms with E-state index in [2.05, 4.69) is 10.3 Å². The second-order valence-electron chi connectivity index (χ2n) is 6.39. The van der Waals surface area contributed by atoms with Crippen LogP contribution in [0.2, 0.25) is 0 Å². The van der Waals surface area contributed by atoms with E-state index >= 15 is 0 Å². The van der Waals surface area contributed by atoms with Gasteiger partial charge in [-0.2, -0.15) is 0 Å². The molecule has 0 atom stereocenters. The van der Waals surface area contributed by atoms with Crippen molar-refractivity contribution < 1.29 is 9.53 Å². The van der Waals surface area contributed by atoms with Crippen LogP contribution in [0.1, 0.15) is 53.2 Å². The van der Waals surface area contributed by atoms with E-state index in [-0.39, 0.29) is 5.91 Å². The summed E-state index contributed by atoms with van der Waals surface area (Å²) in [6.07, 6.45) is 7.25. The molecule has 0 unspecified atom stereocenters. The summed E-state index contributed by atoms with van der Waals surface area (Å²) < 4.78 is 6.01. The Kier molecular flexibility index (Phi) is 6.55. The van der Waals surface area contributed by atoms with Crippen molar-refractivity contribution in [3.63, 3.8) is 0 Å². The minimum absolute atomic E-state index is 0.190. The number of thiazole rings is 1. The molecule has 25 heavy (non-hydrogen) atoms. The molecule has 3 N–H and O–H groups in total. The first-order valence-electron chi connectivity index (χ1n) is 8.91. The van der Waals surface area contributed by atoms with Crippen LogP contribution >= 0.6 is 11.3 Å². The van der Waals surface area contributed by atoms with E-state index in [0.717, 1.165) is 29.1 Å². The monoisotopic (exact) mass is 359 g/mol. The largest absolute Gasteiger partial charge is 0.374 e. The maximum atomic E-state index is 12.3. The number of carbonyl (C=O) groups is 1. The van der Waals surface area contributed by atoms with Gasteiger partial charge in [0.1, 0.15) is 5.69 Å². The summed E-state index contributed by atoms with van der Waals surface area (Å²) in [5.74, 6) is -0.190. The summed E-state index contributed by atoms with van der Waals surface area (Å²) in [5.41, 5.74) is 7.81. The van der Waals surface area contributed by atoms with Crippen molar-refractivity contribution in [3.8, 4) is 0 Å². The number of nitrogens with two attached hydrogens (primary N) is 1. The van der Waals surface area contributed by atoms with Gasteiger partial charge in [0.05, 0.1) is 17.7 Å². The lowest BCUT2D eigenvalue weighted by molar-refractivity contribution is 0.0169. The predicted octanol–water partition coefficient (Wildman–Crippen LogP) is 3.75. The van der Waals surface area contributed by atoms with E-state index < -0.39 is 0 Å². The fourth-order valence-electron chi connectivity index (χ4n) is 3.03. The molecule has 134 valence electrons. The number of benzene rings is 1. The highest BCUT2D eigenvalue weighted by molar-refractivity contribution is 7.09. The zero-order chi connectivity index (χ0) is 17.5. The summed E-state index contributed by atoms with van der Waals surface area (Å²) in [5, 5.41) is 5.58. The number of nitrogens with one attached hydrogen (secondary N) is 1. The molecule has 0 spiro atoms. The minimum atomic E-state index is -0.190. The zero-order valence-electron chi connectivity index (χ0n) is 14.4. The minimum Gasteiger partial charge on any atom is -0.374 e. The maximum absolute atomic E-state index is 12.3. The normalized spacial score (nSPS) is 15.2. The number of anilines is 1. The lowest BCUT2D eigenvalue weighted by Gasteiger charge is -2.22. The third-order valence-electron chi connectivity index (χ3n) is 4.37. The number of amides is 1. The summed E-state index contributed by atoms with van der Waals surface area (Å²) >= 11 is 1.47. The highest BCUT2D eigenvalue weighted by Crippen LogP contribution is 2.22. The van der Waals surface area contributed by atoms with Gasteiger partial charge in [0.25, 0.3) is 5.91 Å². The van der Waals surface area contributed by atoms with Gasteiger partial charge in [-0.1, -0.05) is 31.4 Å². The Hall–Kier alpha value is -1.76. The predicted molar refractivity (Wildman–Crippen MR) is 101 cm³/mol. The van der Waals surface area contributed by atoms with E-state index in [1.807, 2.05) is 24.3 Å². The van der Waals surface area contributed by atoms with Crippen LogP contribution in [-0.2, 0) is 17.8 Å². The maximum Gasteiger partial charge on any atom is 0.275 e. The van der Waals surface area contributed by atoms with Gasteiger partial charge in [-0.05, 0) is 37.1 Å². The zero-order valence-corrected chi connectivity index (χ0v) is 15.2. The third-order valence-corrected chi connectivity index (χ3v) is 5.27. The molecule has 0 bridgehead atoms. The fraction of sp³-hybridized carbons (Fsp3) is 0.474. The number of aromatic nitrogens is 1. The SMILES string of the molecule is NCCc1nc(C(=O)Nc2cccc(COC3CCCCC3)c2)cs1. The Bertz CT molecular complexity index is 695. The molecule has 1 saturated carbocycles. The van der Waals surface area contributed by atoms with Crippen molar-refractivity contribution in [2.45, 2.75) is 51.2 Å². The van der Waals surface area contributed by atoms with E-state index in [0.29, 0.717) is 31.4 Å². The summed E-state index contributed by atoms with van der Waals surface area (Å²) in [6.45, 7) is 1.13. The molecule has 0 saturated heterocycles. The van der Waals surface area contributed by atoms with Gasteiger partial charge in [0.2, 0.25) is 0 Å². The molecule has 1 aromatic carbocycles. The molecule has 1 aliphatic rings. The van der Waals surface area contributed by atoms with Crippen LogP contribution < -0.4 is 11.1 Å². The Morgan fingerprint density at radius 2 is 2.16 bits per heavy atom. The van der Waals surface area contributed by atoms with Gasteiger partial charge < -0.3 is 15.8 Å². The highest BCUT2D eigenvalue weighted by Gasteiger charge is 2.14. The van der Waals surface area contributed by atoms with Crippen molar-refractivity contribution in [2.75, 3.05) is 11.9 Å². The fourth-order valence-corrected chi connectivity index (χ4v) is 3.83. The Morgan fingerprint density at radius 1 is 1.32 bits per heavy atom. The van der Waals surface area contributed by atoms with Gasteiger partial charge in [0.15, 0.2) is 0 Å². The van der Waals surface area contributed by atoms with Crippen molar-refractivity contribution >= 4 is 22.9 Å². The highest BCUT2D eigenvalue weighted by atomic mass is 32.1. The molecule has 0 aliphatic heterocycles. The number of carbonyl (C=O) groups excluding carboxylic acids is 1. The van der Waals surface area contributed by atoms with E-state index in [1.165, 1.54) is 30.6 Å². The summed E-state index contributed by atoms with van der Waals surface area (Å²) in [7, 11) is 0. The molecule has 2 aromatic rings. The molecule has 5 nitrogen and oxygen atoms in total. The quantitative estimate of drug-likeness (QED) is 0.789. The van der Waals surface area contributed by atoms with Crippen molar-refractivity contribution in [1.82, 2.24) is 4.98 Å². The van der Waals surface area contributed by atoms with Crippen LogP contribution in [0, 0.1) is 0 Å². The molecule has 6 heteroatoms. The average molecular weight is 359 g/mol. The first-order valence-corrected chi connectivity index (χ1v) is 9.79. The van der Waals surface area contributed by atoms with Gasteiger partial charge >= 0.3 is 0 Å². The van der Waals surface area contributed by atoms with Gasteiger partial charge in [-0.3, -0.25) is 4.79 Å². The van der Waals surface area contributed by atoms with Crippen LogP contribution in [0.5, 0.6) is 0 Å². The number of hydrogen-bond acceptors (Lipinski definition) is 5. The van der Waals surface area contributed by atoms with E-state index in [9.17, 15) is 4.79 Å². The molecule has 1 aliphatic carbocycles. The molecule has 1 amide bonds.